The Morgan fingerprint density at radius 1 is 1.80 bits per heavy atom. The second kappa shape index (κ2) is 4.89. The van der Waals surface area contributed by atoms with E-state index in [2.05, 4.69) is 12.8 Å². The minimum atomic E-state index is 0.929. The van der Waals surface area contributed by atoms with Crippen LogP contribution in [0.3, 0.4) is 0 Å². The normalized spacial score (nSPS) is 10.8. The molecule has 0 bridgehead atoms. The van der Waals surface area contributed by atoms with Crippen LogP contribution in [0.25, 0.3) is 0 Å². The lowest BCUT2D eigenvalue weighted by Crippen LogP contribution is -2.19. The molecule has 0 amide bonds. The number of nitrogens with zero attached hydrogens (tertiary/aromatic N) is 1. The minimum absolute atomic E-state index is 0.929. The Labute approximate surface area is 62.7 Å². The van der Waals surface area contributed by atoms with E-state index in [9.17, 15) is 0 Å². The fraction of sp³-hybridized carbons (Fsp3) is 0.500. The zero-order chi connectivity index (χ0) is 7.98. The van der Waals surface area contributed by atoms with Gasteiger partial charge in [-0.15, -0.1) is 6.42 Å². The molecule has 2 nitrogen and oxygen atoms in total. The lowest BCUT2D eigenvalue weighted by molar-refractivity contribution is 0.480. The summed E-state index contributed by atoms with van der Waals surface area (Å²) in [6.45, 7) is 2.09. The Balaban J connectivity index is 3.95. The highest BCUT2D eigenvalue weighted by Gasteiger charge is 1.89. The molecule has 0 atom stereocenters. The first-order valence-corrected chi connectivity index (χ1v) is 3.35. The zero-order valence-corrected chi connectivity index (χ0v) is 6.59. The fourth-order valence-corrected chi connectivity index (χ4v) is 0.689. The van der Waals surface area contributed by atoms with E-state index in [-0.39, 0.29) is 0 Å². The third-order valence-electron chi connectivity index (χ3n) is 1.06. The summed E-state index contributed by atoms with van der Waals surface area (Å²) < 4.78 is 0. The van der Waals surface area contributed by atoms with Gasteiger partial charge in [-0.25, -0.2) is 5.84 Å². The molecule has 0 aromatic carbocycles. The lowest BCUT2D eigenvalue weighted by Gasteiger charge is -2.05. The SMILES string of the molecule is C#C/C(=C/N(C)N)CCC. The van der Waals surface area contributed by atoms with Crippen molar-refractivity contribution in [1.82, 2.24) is 5.01 Å². The molecular formula is C8H14N2. The van der Waals surface area contributed by atoms with Gasteiger partial charge in [0.25, 0.3) is 0 Å². The van der Waals surface area contributed by atoms with Crippen molar-refractivity contribution in [3.05, 3.63) is 11.8 Å². The summed E-state index contributed by atoms with van der Waals surface area (Å²) in [5, 5.41) is 1.48. The van der Waals surface area contributed by atoms with E-state index in [0.717, 1.165) is 18.4 Å². The van der Waals surface area contributed by atoms with Gasteiger partial charge in [-0.1, -0.05) is 19.3 Å². The Morgan fingerprint density at radius 3 is 2.70 bits per heavy atom. The van der Waals surface area contributed by atoms with E-state index in [4.69, 9.17) is 12.3 Å². The standard InChI is InChI=1S/C8H14N2/c1-4-6-8(5-2)7-10(3)9/h2,7H,4,6,9H2,1,3H3/b8-7-. The molecule has 0 spiro atoms. The number of hydrazine groups is 1. The van der Waals surface area contributed by atoms with Gasteiger partial charge < -0.3 is 5.01 Å². The molecule has 0 saturated heterocycles. The maximum Gasteiger partial charge on any atom is 0.0267 e. The van der Waals surface area contributed by atoms with Crippen LogP contribution in [0.4, 0.5) is 0 Å². The van der Waals surface area contributed by atoms with Crippen molar-refractivity contribution in [3.8, 4) is 12.3 Å². The Kier molecular flexibility index (Phi) is 4.43. The molecule has 2 heteroatoms. The molecule has 0 heterocycles. The van der Waals surface area contributed by atoms with E-state index in [1.807, 2.05) is 0 Å². The van der Waals surface area contributed by atoms with E-state index in [1.54, 1.807) is 13.2 Å². The zero-order valence-electron chi connectivity index (χ0n) is 6.59. The van der Waals surface area contributed by atoms with Gasteiger partial charge in [-0.05, 0) is 6.42 Å². The molecule has 56 valence electrons. The molecule has 0 radical (unpaired) electrons. The first-order valence-electron chi connectivity index (χ1n) is 3.35. The smallest absolute Gasteiger partial charge is 0.0267 e. The van der Waals surface area contributed by atoms with E-state index < -0.39 is 0 Å². The van der Waals surface area contributed by atoms with Crippen molar-refractivity contribution in [3.63, 3.8) is 0 Å². The van der Waals surface area contributed by atoms with Gasteiger partial charge in [-0.2, -0.15) is 0 Å². The van der Waals surface area contributed by atoms with Crippen LogP contribution < -0.4 is 5.84 Å². The number of allylic oxidation sites excluding steroid dienone is 1. The van der Waals surface area contributed by atoms with Crippen LogP contribution in [-0.4, -0.2) is 12.1 Å². The monoisotopic (exact) mass is 138 g/mol. The fourth-order valence-electron chi connectivity index (χ4n) is 0.689. The second-order valence-electron chi connectivity index (χ2n) is 2.21. The molecule has 0 aromatic rings. The summed E-state index contributed by atoms with van der Waals surface area (Å²) in [5.41, 5.74) is 0.951. The number of rotatable bonds is 3. The predicted molar refractivity (Wildman–Crippen MR) is 43.8 cm³/mol. The molecule has 0 fully saturated rings. The molecule has 0 aliphatic heterocycles. The van der Waals surface area contributed by atoms with Crippen molar-refractivity contribution in [2.45, 2.75) is 19.8 Å². The van der Waals surface area contributed by atoms with Gasteiger partial charge in [0.15, 0.2) is 0 Å². The molecule has 2 N–H and O–H groups in total. The number of hydrogen-bond donors (Lipinski definition) is 1. The number of hydrogen-bond acceptors (Lipinski definition) is 2. The highest BCUT2D eigenvalue weighted by Crippen LogP contribution is 2.01. The number of terminal acetylenes is 1. The second-order valence-corrected chi connectivity index (χ2v) is 2.21. The van der Waals surface area contributed by atoms with Crippen molar-refractivity contribution in [2.24, 2.45) is 5.84 Å². The maximum absolute atomic E-state index is 5.36. The van der Waals surface area contributed by atoms with Crippen LogP contribution in [-0.2, 0) is 0 Å². The molecule has 0 aliphatic carbocycles. The quantitative estimate of drug-likeness (QED) is 0.359. The highest BCUT2D eigenvalue weighted by molar-refractivity contribution is 5.23. The topological polar surface area (TPSA) is 29.3 Å². The van der Waals surface area contributed by atoms with Crippen LogP contribution in [0, 0.1) is 12.3 Å². The average Bonchev–Trinajstić information content (AvgIpc) is 1.86. The number of nitrogens with two attached hydrogens (primary N) is 1. The Hall–Kier alpha value is -0.940. The van der Waals surface area contributed by atoms with Gasteiger partial charge in [0.2, 0.25) is 0 Å². The van der Waals surface area contributed by atoms with E-state index in [0.29, 0.717) is 0 Å². The van der Waals surface area contributed by atoms with Crippen LogP contribution in [0.1, 0.15) is 19.8 Å². The Morgan fingerprint density at radius 2 is 2.40 bits per heavy atom. The average molecular weight is 138 g/mol. The van der Waals surface area contributed by atoms with Crippen LogP contribution >= 0.6 is 0 Å². The highest BCUT2D eigenvalue weighted by atomic mass is 15.4. The summed E-state index contributed by atoms with van der Waals surface area (Å²) in [5.74, 6) is 7.93. The van der Waals surface area contributed by atoms with Crippen molar-refractivity contribution < 1.29 is 0 Å². The van der Waals surface area contributed by atoms with E-state index >= 15 is 0 Å². The summed E-state index contributed by atoms with van der Waals surface area (Å²) in [6.07, 6.45) is 8.96. The van der Waals surface area contributed by atoms with Crippen molar-refractivity contribution in [2.75, 3.05) is 7.05 Å². The molecule has 0 aromatic heterocycles. The largest absolute Gasteiger partial charge is 0.320 e. The van der Waals surface area contributed by atoms with Crippen molar-refractivity contribution >= 4 is 0 Å². The molecule has 0 saturated carbocycles. The Bertz CT molecular complexity index is 151. The van der Waals surface area contributed by atoms with Crippen LogP contribution in [0.15, 0.2) is 11.8 Å². The molecule has 0 rings (SSSR count). The van der Waals surface area contributed by atoms with Crippen LogP contribution in [0.5, 0.6) is 0 Å². The van der Waals surface area contributed by atoms with Gasteiger partial charge in [-0.3, -0.25) is 0 Å². The third-order valence-corrected chi connectivity index (χ3v) is 1.06. The molecular weight excluding hydrogens is 124 g/mol. The van der Waals surface area contributed by atoms with E-state index in [1.165, 1.54) is 5.01 Å². The summed E-state index contributed by atoms with van der Waals surface area (Å²) in [6, 6.07) is 0. The summed E-state index contributed by atoms with van der Waals surface area (Å²) in [7, 11) is 1.76. The molecule has 10 heavy (non-hydrogen) atoms. The first kappa shape index (κ1) is 9.06. The maximum atomic E-state index is 5.36. The third kappa shape index (κ3) is 3.99. The van der Waals surface area contributed by atoms with Gasteiger partial charge in [0.05, 0.1) is 0 Å². The van der Waals surface area contributed by atoms with Crippen LogP contribution in [0.2, 0.25) is 0 Å². The van der Waals surface area contributed by atoms with Gasteiger partial charge in [0, 0.05) is 18.8 Å². The van der Waals surface area contributed by atoms with Gasteiger partial charge >= 0.3 is 0 Å². The molecule has 0 aliphatic rings. The molecule has 0 unspecified atom stereocenters. The van der Waals surface area contributed by atoms with Crippen molar-refractivity contribution in [1.29, 1.82) is 0 Å². The lowest BCUT2D eigenvalue weighted by atomic mass is 10.2. The minimum Gasteiger partial charge on any atom is -0.320 e. The first-order chi connectivity index (χ1) is 4.70. The van der Waals surface area contributed by atoms with Gasteiger partial charge in [0.1, 0.15) is 0 Å². The predicted octanol–water partition coefficient (Wildman–Crippen LogP) is 1.11. The summed E-state index contributed by atoms with van der Waals surface area (Å²) >= 11 is 0. The summed E-state index contributed by atoms with van der Waals surface area (Å²) in [4.78, 5) is 0.